The third-order valence-electron chi connectivity index (χ3n) is 6.77. The van der Waals surface area contributed by atoms with Gasteiger partial charge in [0.25, 0.3) is 0 Å². The van der Waals surface area contributed by atoms with Gasteiger partial charge >= 0.3 is 0 Å². The summed E-state index contributed by atoms with van der Waals surface area (Å²) >= 11 is 6.25. The number of pyridine rings is 1. The van der Waals surface area contributed by atoms with Crippen LogP contribution in [-0.2, 0) is 5.41 Å². The van der Waals surface area contributed by atoms with Crippen molar-refractivity contribution in [3.05, 3.63) is 124 Å². The fourth-order valence-electron chi connectivity index (χ4n) is 5.18. The molecule has 1 aliphatic rings. The van der Waals surface area contributed by atoms with Crippen LogP contribution >= 0.6 is 11.6 Å². The minimum absolute atomic E-state index is 0.412. The predicted molar refractivity (Wildman–Crippen MR) is 141 cm³/mol. The first-order valence-corrected chi connectivity index (χ1v) is 11.7. The van der Waals surface area contributed by atoms with Crippen LogP contribution in [0.4, 0.5) is 0 Å². The van der Waals surface area contributed by atoms with Gasteiger partial charge in [-0.3, -0.25) is 9.98 Å². The molecule has 0 fully saturated rings. The number of fused-ring (bicyclic) bond motifs is 2. The van der Waals surface area contributed by atoms with E-state index in [1.807, 2.05) is 24.4 Å². The van der Waals surface area contributed by atoms with E-state index < -0.39 is 5.41 Å². The van der Waals surface area contributed by atoms with Gasteiger partial charge in [0.1, 0.15) is 0 Å². The molecule has 5 aromatic rings. The highest BCUT2D eigenvalue weighted by molar-refractivity contribution is 6.30. The summed E-state index contributed by atoms with van der Waals surface area (Å²) in [4.78, 5) is 13.7. The Bertz CT molecular complexity index is 1690. The average molecular weight is 476 g/mol. The summed E-state index contributed by atoms with van der Waals surface area (Å²) in [6.07, 6.45) is 3.73. The van der Waals surface area contributed by atoms with Crippen LogP contribution in [0.1, 0.15) is 27.8 Å². The van der Waals surface area contributed by atoms with Crippen molar-refractivity contribution < 1.29 is 0 Å². The standard InChI is InChI=1S/C29H22ClN5/c1-18-6-4-7-19(14-18)27-23-15-24-25(16-26(23)35(32-3)28(31-2)34-27)29(24,21-8-5-13-33-17-21)20-9-11-22(30)12-10-20/h4-17H,3H2,1-2H3. The molecule has 2 aromatic heterocycles. The first-order valence-electron chi connectivity index (χ1n) is 11.3. The van der Waals surface area contributed by atoms with Gasteiger partial charge in [-0.1, -0.05) is 53.6 Å². The van der Waals surface area contributed by atoms with Crippen LogP contribution in [0.25, 0.3) is 22.2 Å². The molecule has 0 saturated heterocycles. The van der Waals surface area contributed by atoms with Crippen LogP contribution in [0.3, 0.4) is 0 Å². The quantitative estimate of drug-likeness (QED) is 0.305. The number of aromatic nitrogens is 3. The summed E-state index contributed by atoms with van der Waals surface area (Å²) in [6, 6.07) is 24.9. The van der Waals surface area contributed by atoms with E-state index in [0.717, 1.165) is 33.3 Å². The fraction of sp³-hybridized carbons (Fsp3) is 0.103. The van der Waals surface area contributed by atoms with Crippen molar-refractivity contribution in [2.75, 3.05) is 7.05 Å². The zero-order chi connectivity index (χ0) is 24.2. The topological polar surface area (TPSA) is 55.4 Å². The summed E-state index contributed by atoms with van der Waals surface area (Å²) < 4.78 is 1.71. The Morgan fingerprint density at radius 2 is 1.74 bits per heavy atom. The van der Waals surface area contributed by atoms with Gasteiger partial charge in [-0.25, -0.2) is 4.98 Å². The molecular formula is C29H22ClN5. The van der Waals surface area contributed by atoms with Gasteiger partial charge < -0.3 is 0 Å². The molecule has 170 valence electrons. The van der Waals surface area contributed by atoms with Gasteiger partial charge in [0.15, 0.2) is 0 Å². The van der Waals surface area contributed by atoms with Gasteiger partial charge in [-0.15, -0.1) is 0 Å². The number of benzene rings is 3. The highest BCUT2D eigenvalue weighted by Crippen LogP contribution is 2.60. The molecule has 6 heteroatoms. The van der Waals surface area contributed by atoms with E-state index in [1.54, 1.807) is 17.9 Å². The van der Waals surface area contributed by atoms with E-state index in [0.29, 0.717) is 10.6 Å². The Labute approximate surface area is 208 Å². The number of aryl methyl sites for hydroxylation is 1. The van der Waals surface area contributed by atoms with Crippen LogP contribution in [0.15, 0.2) is 95.3 Å². The van der Waals surface area contributed by atoms with Gasteiger partial charge in [0.2, 0.25) is 5.62 Å². The Morgan fingerprint density at radius 1 is 0.943 bits per heavy atom. The summed E-state index contributed by atoms with van der Waals surface area (Å²) in [7, 11) is 1.72. The van der Waals surface area contributed by atoms with Crippen LogP contribution in [0.2, 0.25) is 5.02 Å². The number of halogens is 1. The second-order valence-corrected chi connectivity index (χ2v) is 9.16. The Kier molecular flexibility index (Phi) is 4.90. The molecule has 1 atom stereocenters. The lowest BCUT2D eigenvalue weighted by Crippen LogP contribution is -2.22. The lowest BCUT2D eigenvalue weighted by molar-refractivity contribution is 0.796. The lowest BCUT2D eigenvalue weighted by Gasteiger charge is -2.17. The van der Waals surface area contributed by atoms with Crippen LogP contribution in [-0.4, -0.2) is 28.4 Å². The largest absolute Gasteiger partial charge is 0.264 e. The number of hydrogen-bond donors (Lipinski definition) is 0. The number of nitrogens with zero attached hydrogens (tertiary/aromatic N) is 5. The highest BCUT2D eigenvalue weighted by atomic mass is 35.5. The van der Waals surface area contributed by atoms with Crippen molar-refractivity contribution in [2.24, 2.45) is 10.1 Å². The number of rotatable bonds is 4. The van der Waals surface area contributed by atoms with Crippen molar-refractivity contribution in [2.45, 2.75) is 12.3 Å². The summed E-state index contributed by atoms with van der Waals surface area (Å²) in [5, 5.41) is 5.97. The van der Waals surface area contributed by atoms with E-state index in [1.165, 1.54) is 16.7 Å². The minimum Gasteiger partial charge on any atom is -0.264 e. The average Bonchev–Trinajstić information content (AvgIpc) is 3.55. The Morgan fingerprint density at radius 3 is 2.43 bits per heavy atom. The van der Waals surface area contributed by atoms with Gasteiger partial charge in [-0.2, -0.15) is 9.78 Å². The molecule has 2 heterocycles. The molecule has 0 saturated carbocycles. The molecule has 3 aromatic carbocycles. The number of hydrogen-bond acceptors (Lipinski definition) is 4. The van der Waals surface area contributed by atoms with Gasteiger partial charge in [0.05, 0.1) is 16.6 Å². The molecule has 5 nitrogen and oxygen atoms in total. The van der Waals surface area contributed by atoms with Crippen molar-refractivity contribution in [1.29, 1.82) is 0 Å². The summed E-state index contributed by atoms with van der Waals surface area (Å²) in [6.45, 7) is 5.89. The predicted octanol–water partition coefficient (Wildman–Crippen LogP) is 5.75. The molecule has 6 rings (SSSR count). The van der Waals surface area contributed by atoms with E-state index >= 15 is 0 Å². The fourth-order valence-corrected chi connectivity index (χ4v) is 5.30. The van der Waals surface area contributed by atoms with Gasteiger partial charge in [-0.05, 0) is 65.6 Å². The van der Waals surface area contributed by atoms with Crippen molar-refractivity contribution >= 4 is 29.2 Å². The molecule has 0 N–H and O–H groups in total. The monoisotopic (exact) mass is 475 g/mol. The third kappa shape index (κ3) is 3.16. The maximum Gasteiger partial charge on any atom is 0.246 e. The van der Waals surface area contributed by atoms with Crippen LogP contribution in [0, 0.1) is 6.92 Å². The maximum atomic E-state index is 6.25. The van der Waals surface area contributed by atoms with Crippen LogP contribution < -0.4 is 5.62 Å². The van der Waals surface area contributed by atoms with Crippen LogP contribution in [0.5, 0.6) is 0 Å². The van der Waals surface area contributed by atoms with E-state index in [-0.39, 0.29) is 0 Å². The molecule has 0 bridgehead atoms. The highest BCUT2D eigenvalue weighted by Gasteiger charge is 2.53. The molecule has 0 amide bonds. The molecule has 0 aliphatic heterocycles. The summed E-state index contributed by atoms with van der Waals surface area (Å²) in [5.41, 5.74) is 8.74. The van der Waals surface area contributed by atoms with E-state index in [2.05, 4.69) is 83.3 Å². The zero-order valence-electron chi connectivity index (χ0n) is 19.4. The first-order chi connectivity index (χ1) is 17.1. The van der Waals surface area contributed by atoms with E-state index in [4.69, 9.17) is 16.6 Å². The molecular weight excluding hydrogens is 454 g/mol. The molecule has 1 unspecified atom stereocenters. The van der Waals surface area contributed by atoms with Crippen molar-refractivity contribution in [3.8, 4) is 11.3 Å². The second kappa shape index (κ2) is 8.00. The third-order valence-corrected chi connectivity index (χ3v) is 7.02. The van der Waals surface area contributed by atoms with Crippen molar-refractivity contribution in [1.82, 2.24) is 14.6 Å². The normalized spacial score (nSPS) is 16.8. The van der Waals surface area contributed by atoms with Gasteiger partial charge in [0, 0.05) is 42.1 Å². The van der Waals surface area contributed by atoms with E-state index in [9.17, 15) is 0 Å². The zero-order valence-corrected chi connectivity index (χ0v) is 20.2. The second-order valence-electron chi connectivity index (χ2n) is 8.72. The SMILES string of the molecule is C=Nn1c(=NC)nc(-c2cccc(C)c2)c2cc3c(cc21)C3(c1ccc(Cl)cc1)c1cccnc1. The first kappa shape index (κ1) is 21.4. The Hall–Kier alpha value is -4.09. The Balaban J connectivity index is 1.71. The smallest absolute Gasteiger partial charge is 0.246 e. The molecule has 35 heavy (non-hydrogen) atoms. The molecule has 0 spiro atoms. The maximum absolute atomic E-state index is 6.25. The lowest BCUT2D eigenvalue weighted by atomic mass is 9.85. The minimum atomic E-state index is -0.412. The molecule has 1 aliphatic carbocycles. The van der Waals surface area contributed by atoms with Crippen molar-refractivity contribution in [3.63, 3.8) is 0 Å². The molecule has 0 radical (unpaired) electrons. The summed E-state index contributed by atoms with van der Waals surface area (Å²) in [5.74, 6) is 0.